The molecule has 2 aromatic rings. The van der Waals surface area contributed by atoms with Gasteiger partial charge >= 0.3 is 5.97 Å². The van der Waals surface area contributed by atoms with Crippen LogP contribution in [0, 0.1) is 5.92 Å². The van der Waals surface area contributed by atoms with Gasteiger partial charge in [-0.25, -0.2) is 4.79 Å². The molecule has 2 aliphatic rings. The van der Waals surface area contributed by atoms with Crippen LogP contribution in [0.5, 0.6) is 0 Å². The smallest absolute Gasteiger partial charge is 0.338 e. The van der Waals surface area contributed by atoms with Gasteiger partial charge in [-0.3, -0.25) is 14.5 Å². The van der Waals surface area contributed by atoms with E-state index in [1.54, 1.807) is 24.3 Å². The minimum atomic E-state index is -0.742. The van der Waals surface area contributed by atoms with Crippen LogP contribution >= 0.6 is 0 Å². The quantitative estimate of drug-likeness (QED) is 0.549. The van der Waals surface area contributed by atoms with Crippen LogP contribution in [0.3, 0.4) is 0 Å². The number of rotatable bonds is 8. The highest BCUT2D eigenvalue weighted by molar-refractivity contribution is 5.96. The minimum absolute atomic E-state index is 0.128. The number of nitrogens with one attached hydrogen (secondary N) is 1. The number of amides is 2. The summed E-state index contributed by atoms with van der Waals surface area (Å²) in [6.45, 7) is 8.53. The van der Waals surface area contributed by atoms with Crippen molar-refractivity contribution in [3.8, 4) is 0 Å². The number of benzene rings is 2. The van der Waals surface area contributed by atoms with Crippen LogP contribution in [0.25, 0.3) is 0 Å². The average Bonchev–Trinajstić information content (AvgIpc) is 3.63. The maximum atomic E-state index is 12.6. The molecule has 1 aliphatic heterocycles. The van der Waals surface area contributed by atoms with Crippen molar-refractivity contribution in [1.82, 2.24) is 4.90 Å². The lowest BCUT2D eigenvalue weighted by atomic mass is 10.0. The Morgan fingerprint density at radius 2 is 1.72 bits per heavy atom. The molecule has 0 bridgehead atoms. The first kappa shape index (κ1) is 25.9. The van der Waals surface area contributed by atoms with Gasteiger partial charge in [-0.15, -0.1) is 0 Å². The second kappa shape index (κ2) is 10.8. The Balaban J connectivity index is 1.27. The van der Waals surface area contributed by atoms with Gasteiger partial charge in [0.15, 0.2) is 0 Å². The first-order chi connectivity index (χ1) is 17.1. The number of nitrogens with zero attached hydrogens (tertiary/aromatic N) is 2. The molecule has 1 heterocycles. The molecule has 192 valence electrons. The van der Waals surface area contributed by atoms with E-state index in [1.165, 1.54) is 12.8 Å². The lowest BCUT2D eigenvalue weighted by molar-refractivity contribution is -0.121. The number of ether oxygens (including phenoxy) is 1. The largest absolute Gasteiger partial charge is 0.456 e. The van der Waals surface area contributed by atoms with E-state index in [0.717, 1.165) is 30.3 Å². The molecular weight excluding hydrogens is 456 g/mol. The maximum Gasteiger partial charge on any atom is 0.338 e. The Kier molecular flexibility index (Phi) is 7.76. The molecule has 0 spiro atoms. The summed E-state index contributed by atoms with van der Waals surface area (Å²) in [5, 5.41) is 2.79. The average molecular weight is 493 g/mol. The third kappa shape index (κ3) is 7.15. The molecule has 0 unspecified atom stereocenters. The summed E-state index contributed by atoms with van der Waals surface area (Å²) in [5.41, 5.74) is 8.33. The fourth-order valence-corrected chi connectivity index (χ4v) is 4.24. The van der Waals surface area contributed by atoms with Crippen LogP contribution in [0.2, 0.25) is 0 Å². The van der Waals surface area contributed by atoms with Crippen LogP contribution in [-0.4, -0.2) is 60.5 Å². The number of anilines is 2. The predicted molar refractivity (Wildman–Crippen MR) is 140 cm³/mol. The van der Waals surface area contributed by atoms with E-state index in [0.29, 0.717) is 30.8 Å². The molecule has 2 amide bonds. The third-order valence-corrected chi connectivity index (χ3v) is 6.34. The maximum absolute atomic E-state index is 12.6. The number of carbonyl (C=O) groups is 3. The number of hydrogen-bond acceptors (Lipinski definition) is 6. The summed E-state index contributed by atoms with van der Waals surface area (Å²) in [6, 6.07) is 13.5. The number of esters is 1. The Hall–Kier alpha value is -3.23. The van der Waals surface area contributed by atoms with Crippen molar-refractivity contribution in [3.05, 3.63) is 59.7 Å². The van der Waals surface area contributed by atoms with Crippen molar-refractivity contribution < 1.29 is 19.1 Å². The molecule has 1 atom stereocenters. The van der Waals surface area contributed by atoms with E-state index >= 15 is 0 Å². The Morgan fingerprint density at radius 1 is 1.06 bits per heavy atom. The molecule has 0 radical (unpaired) electrons. The molecule has 8 heteroatoms. The summed E-state index contributed by atoms with van der Waals surface area (Å²) in [6.07, 6.45) is 2.94. The van der Waals surface area contributed by atoms with Crippen molar-refractivity contribution in [1.29, 1.82) is 0 Å². The Bertz CT molecular complexity index is 1090. The fourth-order valence-electron chi connectivity index (χ4n) is 4.24. The molecule has 2 fully saturated rings. The summed E-state index contributed by atoms with van der Waals surface area (Å²) in [5.74, 6) is 0.179. The molecule has 1 saturated carbocycles. The minimum Gasteiger partial charge on any atom is -0.456 e. The fraction of sp³-hybridized carbons (Fsp3) is 0.464. The van der Waals surface area contributed by atoms with E-state index in [-0.39, 0.29) is 11.8 Å². The van der Waals surface area contributed by atoms with Gasteiger partial charge in [0.05, 0.1) is 18.2 Å². The molecule has 1 saturated heterocycles. The highest BCUT2D eigenvalue weighted by Gasteiger charge is 2.30. The number of carbonyl (C=O) groups excluding carboxylic acids is 3. The molecular formula is C28H36N4O4. The van der Waals surface area contributed by atoms with Gasteiger partial charge in [-0.1, -0.05) is 12.1 Å². The molecule has 1 aliphatic carbocycles. The zero-order chi connectivity index (χ0) is 25.9. The van der Waals surface area contributed by atoms with Crippen LogP contribution in [0.1, 0.15) is 49.5 Å². The summed E-state index contributed by atoms with van der Waals surface area (Å²) in [4.78, 5) is 41.5. The molecule has 0 aromatic heterocycles. The highest BCUT2D eigenvalue weighted by Crippen LogP contribution is 2.30. The second-order valence-electron chi connectivity index (χ2n) is 10.8. The van der Waals surface area contributed by atoms with Crippen molar-refractivity contribution in [2.45, 2.75) is 51.7 Å². The Labute approximate surface area is 212 Å². The zero-order valence-electron chi connectivity index (χ0n) is 21.3. The van der Waals surface area contributed by atoms with Crippen LogP contribution in [0.15, 0.2) is 48.5 Å². The summed E-state index contributed by atoms with van der Waals surface area (Å²) >= 11 is 0. The number of piperazine rings is 1. The van der Waals surface area contributed by atoms with Crippen LogP contribution in [0.4, 0.5) is 11.4 Å². The monoisotopic (exact) mass is 492 g/mol. The van der Waals surface area contributed by atoms with Gasteiger partial charge in [-0.05, 0) is 87.9 Å². The van der Waals surface area contributed by atoms with Gasteiger partial charge in [0.25, 0.3) is 0 Å². The lowest BCUT2D eigenvalue weighted by Gasteiger charge is -2.34. The highest BCUT2D eigenvalue weighted by atomic mass is 16.6. The summed E-state index contributed by atoms with van der Waals surface area (Å²) in [7, 11) is 0. The normalized spacial score (nSPS) is 17.6. The topological polar surface area (TPSA) is 105 Å². The molecule has 8 nitrogen and oxygen atoms in total. The van der Waals surface area contributed by atoms with Gasteiger partial charge in [0.2, 0.25) is 11.8 Å². The van der Waals surface area contributed by atoms with E-state index in [2.05, 4.69) is 10.2 Å². The second-order valence-corrected chi connectivity index (χ2v) is 10.8. The van der Waals surface area contributed by atoms with Gasteiger partial charge in [0, 0.05) is 31.0 Å². The van der Waals surface area contributed by atoms with Gasteiger partial charge in [0.1, 0.15) is 5.60 Å². The van der Waals surface area contributed by atoms with Crippen molar-refractivity contribution in [2.75, 3.05) is 36.4 Å². The zero-order valence-corrected chi connectivity index (χ0v) is 21.3. The van der Waals surface area contributed by atoms with Crippen molar-refractivity contribution in [2.24, 2.45) is 11.7 Å². The number of nitrogens with two attached hydrogens (primary N) is 1. The lowest BCUT2D eigenvalue weighted by Crippen LogP contribution is -2.50. The van der Waals surface area contributed by atoms with Crippen LogP contribution < -0.4 is 16.0 Å². The van der Waals surface area contributed by atoms with E-state index in [4.69, 9.17) is 10.5 Å². The molecule has 3 N–H and O–H groups in total. The molecule has 4 rings (SSSR count). The standard InChI is InChI=1S/C28H36N4O4/c1-28(2,3)36-27(35)21-8-10-22(11-9-21)30-26(34)24(29)16-19-6-12-23(13-7-19)32-15-14-31(18-25(32)33)17-20-4-5-20/h6-13,20,24H,4-5,14-18,29H2,1-3H3,(H,30,34)/t24-/m0/s1. The first-order valence-corrected chi connectivity index (χ1v) is 12.6. The number of hydrogen-bond donors (Lipinski definition) is 2. The van der Waals surface area contributed by atoms with Gasteiger partial charge < -0.3 is 20.7 Å². The van der Waals surface area contributed by atoms with Crippen molar-refractivity contribution >= 4 is 29.2 Å². The Morgan fingerprint density at radius 3 is 2.31 bits per heavy atom. The SMILES string of the molecule is CC(C)(C)OC(=O)c1ccc(NC(=O)[C@@H](N)Cc2ccc(N3CCN(CC4CC4)CC3=O)cc2)cc1. The third-order valence-electron chi connectivity index (χ3n) is 6.34. The van der Waals surface area contributed by atoms with E-state index < -0.39 is 17.6 Å². The van der Waals surface area contributed by atoms with E-state index in [9.17, 15) is 14.4 Å². The predicted octanol–water partition coefficient (Wildman–Crippen LogP) is 3.21. The van der Waals surface area contributed by atoms with Crippen molar-refractivity contribution in [3.63, 3.8) is 0 Å². The van der Waals surface area contributed by atoms with Crippen LogP contribution in [-0.2, 0) is 20.7 Å². The first-order valence-electron chi connectivity index (χ1n) is 12.6. The molecule has 2 aromatic carbocycles. The summed E-state index contributed by atoms with van der Waals surface area (Å²) < 4.78 is 5.35. The molecule has 36 heavy (non-hydrogen) atoms. The van der Waals surface area contributed by atoms with Gasteiger partial charge in [-0.2, -0.15) is 0 Å². The van der Waals surface area contributed by atoms with E-state index in [1.807, 2.05) is 49.9 Å².